The highest BCUT2D eigenvalue weighted by molar-refractivity contribution is 5.96. The molecule has 100 heavy (non-hydrogen) atoms. The molecule has 2 bridgehead atoms. The Morgan fingerprint density at radius 3 is 1.78 bits per heavy atom. The molecule has 27 heteroatoms. The Kier molecular flexibility index (Phi) is 35.5. The van der Waals surface area contributed by atoms with Crippen molar-refractivity contribution in [2.45, 2.75) is 195 Å². The van der Waals surface area contributed by atoms with E-state index in [4.69, 9.17) is 18.9 Å². The van der Waals surface area contributed by atoms with Crippen molar-refractivity contribution in [2.24, 2.45) is 17.8 Å². The second kappa shape index (κ2) is 42.7. The maximum atomic E-state index is 14.7. The van der Waals surface area contributed by atoms with Gasteiger partial charge < -0.3 is 95.8 Å². The van der Waals surface area contributed by atoms with Crippen LogP contribution < -0.4 is 10.6 Å². The molecule has 14 unspecified atom stereocenters. The van der Waals surface area contributed by atoms with Crippen LogP contribution in [0.4, 0.5) is 5.69 Å². The van der Waals surface area contributed by atoms with Gasteiger partial charge in [-0.1, -0.05) is 98.9 Å². The number of hydrogen-bond acceptors (Lipinski definition) is 25. The van der Waals surface area contributed by atoms with Gasteiger partial charge in [-0.15, -0.1) is 0 Å². The highest BCUT2D eigenvalue weighted by Gasteiger charge is 2.52. The van der Waals surface area contributed by atoms with Gasteiger partial charge in [0.15, 0.2) is 17.9 Å². The fourth-order valence-electron chi connectivity index (χ4n) is 13.5. The maximum Gasteiger partial charge on any atom is 0.308 e. The number of β-amino-alcohol motifs (C(OH)–C–C–N with tert-alkyl or cyclic N) is 2. The minimum Gasteiger partial charge on any atom is -0.461 e. The largest absolute Gasteiger partial charge is 0.461 e. The third-order valence-electron chi connectivity index (χ3n) is 19.0. The summed E-state index contributed by atoms with van der Waals surface area (Å²) in [6.07, 6.45) is 1.75. The molecule has 0 radical (unpaired) electrons. The summed E-state index contributed by atoms with van der Waals surface area (Å²) in [5, 5.41) is 139. The number of piperazine rings is 2. The number of nitrogens with zero attached hydrogens (tertiary/aromatic N) is 4. The van der Waals surface area contributed by atoms with Crippen LogP contribution in [-0.4, -0.2) is 300 Å². The number of rotatable bonds is 18. The number of benzene rings is 1. The van der Waals surface area contributed by atoms with E-state index in [0.29, 0.717) is 64.3 Å². The van der Waals surface area contributed by atoms with Gasteiger partial charge in [-0.2, -0.15) is 0 Å². The number of Topliss-reactive ketones (excluding diaryl/α,β-unsaturated/α-hetero) is 2. The molecule has 4 fully saturated rings. The van der Waals surface area contributed by atoms with Gasteiger partial charge in [0.05, 0.1) is 99.2 Å². The summed E-state index contributed by atoms with van der Waals surface area (Å²) >= 11 is 0. The molecule has 4 saturated heterocycles. The Bertz CT molecular complexity index is 2880. The van der Waals surface area contributed by atoms with E-state index in [9.17, 15) is 85.3 Å². The first-order valence-corrected chi connectivity index (χ1v) is 35.3. The SMILES string of the molecule is CNc1ccc(C(=O)CC(O)CCC(C)C2OC(=O)CC(O)CC(=O)CC(O)CC(O)CC(O)CC(O)CC3(O)CC(O)C(C(=O)N4CCN(CCO)CC4)C(CC(O[C@@H]4O[C@H](C)[C@@H](O)[C@H](NC(=O)CN5CCN(CCO)CC5)[C@@H]4O)/C=C/C=C/C=C/C=C/C=C/C=C/C=C/C2C)O3)cc1. The Balaban J connectivity index is 1.23. The Hall–Kier alpha value is -5.77. The van der Waals surface area contributed by atoms with Crippen LogP contribution in [0.3, 0.4) is 0 Å². The van der Waals surface area contributed by atoms with E-state index < -0.39 is 178 Å². The van der Waals surface area contributed by atoms with Crippen molar-refractivity contribution < 1.29 is 104 Å². The molecule has 0 spiro atoms. The van der Waals surface area contributed by atoms with E-state index >= 15 is 0 Å². The smallest absolute Gasteiger partial charge is 0.308 e. The molecule has 6 rings (SSSR count). The topological polar surface area (TPSA) is 402 Å². The molecule has 2 amide bonds. The molecule has 1 aromatic rings. The van der Waals surface area contributed by atoms with Crippen LogP contribution in [0.15, 0.2) is 109 Å². The van der Waals surface area contributed by atoms with Gasteiger partial charge in [0.1, 0.15) is 24.1 Å². The molecule has 0 aromatic heterocycles. The molecule has 19 atom stereocenters. The minimum atomic E-state index is -2.35. The third-order valence-corrected chi connectivity index (χ3v) is 19.0. The fraction of sp³-hybridized carbons (Fsp3) is 0.658. The van der Waals surface area contributed by atoms with E-state index in [2.05, 4.69) is 15.5 Å². The molecule has 14 N–H and O–H groups in total. The number of ether oxygens (including phenoxy) is 4. The number of nitrogens with one attached hydrogen (secondary N) is 2. The van der Waals surface area contributed by atoms with Crippen LogP contribution in [0.2, 0.25) is 0 Å². The van der Waals surface area contributed by atoms with Gasteiger partial charge in [0, 0.05) is 128 Å². The van der Waals surface area contributed by atoms with E-state index in [0.717, 1.165) is 5.69 Å². The standard InChI is InChI=1S/C73H112N6O21/c1-48-17-15-13-11-9-7-5-6-8-10-12-14-16-18-60(98-72-69(94)67(68(93)50(3)97-72)75-64(91)47-78-27-25-76(26-28-78)33-35-80)44-63-66(71(95)79-31-29-77(30-32-79)34-36-81)62(90)46-73(96,100-63)45-59(88)41-57(86)39-55(84)37-54(83)38-56(85)40-58(87)43-65(92)99-70(48)49(2)19-24-53(82)42-61(89)51-20-22-52(74-4)23-21-51/h5-18,20-23,48-50,53-55,57-60,62-63,66-70,72,74,80-84,86-88,90,93-94,96H,19,24-47H2,1-4H3,(H,75,91)/b6-5+,9-7+,10-8+,13-11+,14-12+,17-15+,18-16+/t48?,49?,50-,53?,54?,55?,57?,58?,59?,60?,62?,63?,66?,67+,68-,69+,70?,72+,73?/m1/s1. The number of cyclic esters (lactones) is 1. The number of allylic oxidation sites excluding steroid dienone is 12. The molecule has 560 valence electrons. The van der Waals surface area contributed by atoms with E-state index in [1.54, 1.807) is 122 Å². The van der Waals surface area contributed by atoms with Crippen molar-refractivity contribution in [3.8, 4) is 0 Å². The summed E-state index contributed by atoms with van der Waals surface area (Å²) in [5.41, 5.74) is 1.29. The van der Waals surface area contributed by atoms with Gasteiger partial charge in [0.25, 0.3) is 0 Å². The second-order valence-corrected chi connectivity index (χ2v) is 27.3. The first-order valence-electron chi connectivity index (χ1n) is 35.3. The van der Waals surface area contributed by atoms with Gasteiger partial charge >= 0.3 is 5.97 Å². The zero-order chi connectivity index (χ0) is 72.9. The van der Waals surface area contributed by atoms with Gasteiger partial charge in [-0.25, -0.2) is 0 Å². The Morgan fingerprint density at radius 1 is 0.650 bits per heavy atom. The van der Waals surface area contributed by atoms with Crippen molar-refractivity contribution in [3.63, 3.8) is 0 Å². The predicted molar refractivity (Wildman–Crippen MR) is 372 cm³/mol. The van der Waals surface area contributed by atoms with Gasteiger partial charge in [-0.3, -0.25) is 38.7 Å². The number of carbonyl (C=O) groups excluding carboxylic acids is 5. The minimum absolute atomic E-state index is 0.00958. The number of ketones is 2. The number of amides is 2. The predicted octanol–water partition coefficient (Wildman–Crippen LogP) is 0.565. The van der Waals surface area contributed by atoms with Crippen molar-refractivity contribution >= 4 is 35.0 Å². The van der Waals surface area contributed by atoms with Gasteiger partial charge in [0.2, 0.25) is 11.8 Å². The third kappa shape index (κ3) is 28.1. The van der Waals surface area contributed by atoms with Gasteiger partial charge in [-0.05, 0) is 69.2 Å². The molecular formula is C73H112N6O21. The van der Waals surface area contributed by atoms with Crippen molar-refractivity contribution in [1.82, 2.24) is 24.9 Å². The lowest BCUT2D eigenvalue weighted by molar-refractivity contribution is -0.308. The van der Waals surface area contributed by atoms with Crippen molar-refractivity contribution in [2.75, 3.05) is 97.6 Å². The molecule has 0 aliphatic carbocycles. The fourth-order valence-corrected chi connectivity index (χ4v) is 13.5. The number of hydrogen-bond donors (Lipinski definition) is 14. The summed E-state index contributed by atoms with van der Waals surface area (Å²) in [6, 6.07) is 5.63. The molecule has 5 aliphatic heterocycles. The normalized spacial score (nSPS) is 35.2. The molecule has 1 aromatic carbocycles. The quantitative estimate of drug-likeness (QED) is 0.0705. The number of anilines is 1. The van der Waals surface area contributed by atoms with Crippen LogP contribution in [-0.2, 0) is 38.1 Å². The van der Waals surface area contributed by atoms with Crippen LogP contribution in [0, 0.1) is 17.8 Å². The first-order chi connectivity index (χ1) is 47.8. The van der Waals surface area contributed by atoms with E-state index in [1.165, 1.54) is 0 Å². The maximum absolute atomic E-state index is 14.7. The first kappa shape index (κ1) is 83.2. The zero-order valence-corrected chi connectivity index (χ0v) is 58.3. The second-order valence-electron chi connectivity index (χ2n) is 27.3. The summed E-state index contributed by atoms with van der Waals surface area (Å²) in [6.45, 7) is 9.71. The number of carbonyl (C=O) groups is 5. The molecule has 27 nitrogen and oxygen atoms in total. The summed E-state index contributed by atoms with van der Waals surface area (Å²) in [7, 11) is 1.77. The molecule has 0 saturated carbocycles. The average molecular weight is 1410 g/mol. The van der Waals surface area contributed by atoms with Crippen LogP contribution in [0.25, 0.3) is 0 Å². The molecule has 5 heterocycles. The lowest BCUT2D eigenvalue weighted by Gasteiger charge is -2.47. The van der Waals surface area contributed by atoms with E-state index in [1.807, 2.05) is 29.7 Å². The summed E-state index contributed by atoms with van der Waals surface area (Å²) in [5.74, 6) is -7.06. The highest BCUT2D eigenvalue weighted by Crippen LogP contribution is 2.39. The highest BCUT2D eigenvalue weighted by atomic mass is 16.7. The van der Waals surface area contributed by atoms with Crippen molar-refractivity contribution in [1.29, 1.82) is 0 Å². The molecule has 5 aliphatic rings. The van der Waals surface area contributed by atoms with E-state index in [-0.39, 0.29) is 69.7 Å². The molecular weight excluding hydrogens is 1300 g/mol. The number of aliphatic hydroxyl groups is 12. The number of esters is 1. The average Bonchev–Trinajstić information content (AvgIpc) is 0.780. The Morgan fingerprint density at radius 2 is 1.19 bits per heavy atom. The van der Waals surface area contributed by atoms with Crippen molar-refractivity contribution in [3.05, 3.63) is 115 Å². The number of aliphatic hydroxyl groups excluding tert-OH is 11. The van der Waals surface area contributed by atoms with Crippen LogP contribution in [0.1, 0.15) is 108 Å². The zero-order valence-electron chi connectivity index (χ0n) is 58.3. The Labute approximate surface area is 587 Å². The van der Waals surface area contributed by atoms with Crippen LogP contribution in [0.5, 0.6) is 0 Å². The lowest BCUT2D eigenvalue weighted by atomic mass is 9.81. The van der Waals surface area contributed by atoms with Crippen LogP contribution >= 0.6 is 0 Å². The lowest BCUT2D eigenvalue weighted by Crippen LogP contribution is -2.65. The monoisotopic (exact) mass is 1410 g/mol. The summed E-state index contributed by atoms with van der Waals surface area (Å²) in [4.78, 5) is 75.4. The number of fused-ring (bicyclic) bond motifs is 2. The summed E-state index contributed by atoms with van der Waals surface area (Å²) < 4.78 is 25.0.